The van der Waals surface area contributed by atoms with Crippen molar-refractivity contribution in [1.29, 1.82) is 0 Å². The van der Waals surface area contributed by atoms with Crippen molar-refractivity contribution in [3.8, 4) is 0 Å². The first-order valence-corrected chi connectivity index (χ1v) is 12.2. The molecule has 26 heavy (non-hydrogen) atoms. The van der Waals surface area contributed by atoms with Crippen LogP contribution in [-0.4, -0.2) is 59.6 Å². The van der Waals surface area contributed by atoms with Gasteiger partial charge in [0.15, 0.2) is 9.84 Å². The van der Waals surface area contributed by atoms with Crippen LogP contribution in [0, 0.1) is 0 Å². The summed E-state index contributed by atoms with van der Waals surface area (Å²) in [5, 5.41) is 2.79. The van der Waals surface area contributed by atoms with Gasteiger partial charge in [-0.2, -0.15) is 0 Å². The third-order valence-corrected chi connectivity index (χ3v) is 6.93. The Bertz CT molecular complexity index is 912. The van der Waals surface area contributed by atoms with Crippen molar-refractivity contribution in [2.45, 2.75) is 25.3 Å². The molecule has 2 N–H and O–H groups in total. The van der Waals surface area contributed by atoms with Gasteiger partial charge in [0.25, 0.3) is 0 Å². The standard InChI is InChI=1S/C16H23N3O5S2/c1-25(21,22)18-14-5-2-6-15-13(14)4-3-8-19(15)10-16(20)17-12-7-9-26(23,24)11-12/h2,5-6,12,18H,3-4,7-11H2,1H3,(H,17,20). The number of hydrogen-bond acceptors (Lipinski definition) is 6. The number of carbonyl (C=O) groups excluding carboxylic acids is 1. The van der Waals surface area contributed by atoms with Crippen molar-refractivity contribution in [1.82, 2.24) is 5.32 Å². The molecule has 144 valence electrons. The third kappa shape index (κ3) is 4.67. The number of sulfonamides is 1. The van der Waals surface area contributed by atoms with Gasteiger partial charge >= 0.3 is 0 Å². The second-order valence-electron chi connectivity index (χ2n) is 6.87. The van der Waals surface area contributed by atoms with Crippen LogP contribution in [0.2, 0.25) is 0 Å². The van der Waals surface area contributed by atoms with Crippen LogP contribution in [0.1, 0.15) is 18.4 Å². The number of carbonyl (C=O) groups is 1. The van der Waals surface area contributed by atoms with Gasteiger partial charge in [-0.3, -0.25) is 9.52 Å². The fourth-order valence-electron chi connectivity index (χ4n) is 3.52. The number of hydrogen-bond donors (Lipinski definition) is 2. The minimum Gasteiger partial charge on any atom is -0.362 e. The van der Waals surface area contributed by atoms with Gasteiger partial charge in [0.1, 0.15) is 0 Å². The molecule has 1 atom stereocenters. The molecule has 1 aromatic carbocycles. The summed E-state index contributed by atoms with van der Waals surface area (Å²) in [4.78, 5) is 14.3. The molecule has 1 unspecified atom stereocenters. The summed E-state index contributed by atoms with van der Waals surface area (Å²) in [5.74, 6) is -0.107. The van der Waals surface area contributed by atoms with Crippen molar-refractivity contribution in [2.24, 2.45) is 0 Å². The minimum absolute atomic E-state index is 0.00223. The first-order valence-electron chi connectivity index (χ1n) is 8.47. The molecule has 1 aromatic rings. The molecule has 2 aliphatic heterocycles. The Labute approximate surface area is 153 Å². The van der Waals surface area contributed by atoms with E-state index < -0.39 is 19.9 Å². The molecule has 0 spiro atoms. The molecule has 3 rings (SSSR count). The van der Waals surface area contributed by atoms with Crippen LogP contribution >= 0.6 is 0 Å². The quantitative estimate of drug-likeness (QED) is 0.724. The summed E-state index contributed by atoms with van der Waals surface area (Å²) < 4.78 is 48.7. The molecule has 0 aliphatic carbocycles. The second-order valence-corrected chi connectivity index (χ2v) is 10.8. The van der Waals surface area contributed by atoms with E-state index in [1.165, 1.54) is 0 Å². The van der Waals surface area contributed by atoms with Crippen molar-refractivity contribution >= 4 is 37.1 Å². The smallest absolute Gasteiger partial charge is 0.239 e. The van der Waals surface area contributed by atoms with Crippen LogP contribution in [-0.2, 0) is 31.1 Å². The highest BCUT2D eigenvalue weighted by Crippen LogP contribution is 2.33. The van der Waals surface area contributed by atoms with E-state index >= 15 is 0 Å². The summed E-state index contributed by atoms with van der Waals surface area (Å²) in [7, 11) is -6.42. The number of anilines is 2. The van der Waals surface area contributed by atoms with Crippen molar-refractivity contribution < 1.29 is 21.6 Å². The molecule has 0 bridgehead atoms. The predicted molar refractivity (Wildman–Crippen MR) is 101 cm³/mol. The molecule has 0 saturated carbocycles. The van der Waals surface area contributed by atoms with E-state index in [2.05, 4.69) is 10.0 Å². The lowest BCUT2D eigenvalue weighted by atomic mass is 10.00. The number of rotatable bonds is 5. The monoisotopic (exact) mass is 401 g/mol. The van der Waals surface area contributed by atoms with Gasteiger partial charge in [0, 0.05) is 18.3 Å². The van der Waals surface area contributed by atoms with Crippen LogP contribution in [0.15, 0.2) is 18.2 Å². The molecule has 1 fully saturated rings. The zero-order valence-electron chi connectivity index (χ0n) is 14.6. The van der Waals surface area contributed by atoms with Gasteiger partial charge in [-0.15, -0.1) is 0 Å². The van der Waals surface area contributed by atoms with Crippen LogP contribution < -0.4 is 14.9 Å². The SMILES string of the molecule is CS(=O)(=O)Nc1cccc2c1CCCN2CC(=O)NC1CCS(=O)(=O)C1. The maximum atomic E-state index is 12.3. The third-order valence-electron chi connectivity index (χ3n) is 4.57. The fraction of sp³-hybridized carbons (Fsp3) is 0.562. The highest BCUT2D eigenvalue weighted by atomic mass is 32.2. The molecule has 1 saturated heterocycles. The Hall–Kier alpha value is -1.81. The zero-order chi connectivity index (χ0) is 18.9. The van der Waals surface area contributed by atoms with Gasteiger partial charge in [-0.1, -0.05) is 6.07 Å². The van der Waals surface area contributed by atoms with Crippen LogP contribution in [0.3, 0.4) is 0 Å². The Morgan fingerprint density at radius 3 is 2.77 bits per heavy atom. The largest absolute Gasteiger partial charge is 0.362 e. The number of fused-ring (bicyclic) bond motifs is 1. The number of benzene rings is 1. The summed E-state index contributed by atoms with van der Waals surface area (Å²) in [6, 6.07) is 5.02. The number of amides is 1. The van der Waals surface area contributed by atoms with Gasteiger partial charge in [0.05, 0.1) is 30.0 Å². The van der Waals surface area contributed by atoms with Crippen molar-refractivity contribution in [3.05, 3.63) is 23.8 Å². The average Bonchev–Trinajstić information content (AvgIpc) is 2.85. The predicted octanol–water partition coefficient (Wildman–Crippen LogP) is 0.114. The lowest BCUT2D eigenvalue weighted by molar-refractivity contribution is -0.120. The Kier molecular flexibility index (Phi) is 5.16. The van der Waals surface area contributed by atoms with Gasteiger partial charge in [-0.05, 0) is 37.0 Å². The topological polar surface area (TPSA) is 113 Å². The summed E-state index contributed by atoms with van der Waals surface area (Å²) in [6.07, 6.45) is 3.09. The molecule has 1 amide bonds. The number of nitrogens with zero attached hydrogens (tertiary/aromatic N) is 1. The minimum atomic E-state index is -3.38. The molecular weight excluding hydrogens is 378 g/mol. The first-order chi connectivity index (χ1) is 12.1. The summed E-state index contributed by atoms with van der Waals surface area (Å²) >= 11 is 0. The van der Waals surface area contributed by atoms with Gasteiger partial charge < -0.3 is 10.2 Å². The number of nitrogens with one attached hydrogen (secondary N) is 2. The molecular formula is C16H23N3O5S2. The highest BCUT2D eigenvalue weighted by Gasteiger charge is 2.30. The fourth-order valence-corrected chi connectivity index (χ4v) is 5.78. The Morgan fingerprint density at radius 1 is 1.35 bits per heavy atom. The van der Waals surface area contributed by atoms with Crippen LogP contribution in [0.25, 0.3) is 0 Å². The second kappa shape index (κ2) is 7.07. The first kappa shape index (κ1) is 19.0. The number of sulfone groups is 1. The van der Waals surface area contributed by atoms with Crippen LogP contribution in [0.5, 0.6) is 0 Å². The van der Waals surface area contributed by atoms with E-state index in [1.54, 1.807) is 12.1 Å². The molecule has 0 aromatic heterocycles. The van der Waals surface area contributed by atoms with Crippen molar-refractivity contribution in [2.75, 3.05) is 40.5 Å². The normalized spacial score (nSPS) is 21.9. The molecule has 10 heteroatoms. The van der Waals surface area contributed by atoms with E-state index in [0.717, 1.165) is 30.3 Å². The van der Waals surface area contributed by atoms with Gasteiger partial charge in [0.2, 0.25) is 15.9 Å². The van der Waals surface area contributed by atoms with Crippen LogP contribution in [0.4, 0.5) is 11.4 Å². The van der Waals surface area contributed by atoms with E-state index in [-0.39, 0.29) is 30.0 Å². The van der Waals surface area contributed by atoms with E-state index in [9.17, 15) is 21.6 Å². The molecule has 2 aliphatic rings. The lowest BCUT2D eigenvalue weighted by Gasteiger charge is -2.32. The van der Waals surface area contributed by atoms with Crippen molar-refractivity contribution in [3.63, 3.8) is 0 Å². The zero-order valence-corrected chi connectivity index (χ0v) is 16.2. The maximum absolute atomic E-state index is 12.3. The van der Waals surface area contributed by atoms with E-state index in [0.29, 0.717) is 18.7 Å². The summed E-state index contributed by atoms with van der Waals surface area (Å²) in [6.45, 7) is 0.803. The van der Waals surface area contributed by atoms with E-state index in [1.807, 2.05) is 11.0 Å². The van der Waals surface area contributed by atoms with E-state index in [4.69, 9.17) is 0 Å². The molecule has 2 heterocycles. The Balaban J connectivity index is 1.71. The molecule has 0 radical (unpaired) electrons. The molecule has 8 nitrogen and oxygen atoms in total. The Morgan fingerprint density at radius 2 is 2.12 bits per heavy atom. The average molecular weight is 402 g/mol. The maximum Gasteiger partial charge on any atom is 0.239 e. The lowest BCUT2D eigenvalue weighted by Crippen LogP contribution is -2.44. The van der Waals surface area contributed by atoms with Gasteiger partial charge in [-0.25, -0.2) is 16.8 Å². The highest BCUT2D eigenvalue weighted by molar-refractivity contribution is 7.92. The summed E-state index contributed by atoms with van der Waals surface area (Å²) in [5.41, 5.74) is 2.25.